The van der Waals surface area contributed by atoms with E-state index in [-0.39, 0.29) is 54.7 Å². The van der Waals surface area contributed by atoms with Crippen molar-refractivity contribution in [2.24, 2.45) is 7.05 Å². The Labute approximate surface area is 258 Å². The van der Waals surface area contributed by atoms with Crippen LogP contribution in [0.3, 0.4) is 0 Å². The Kier molecular flexibility index (Phi) is 14.2. The highest BCUT2D eigenvalue weighted by molar-refractivity contribution is 6.33. The summed E-state index contributed by atoms with van der Waals surface area (Å²) in [7, 11) is 2.72. The van der Waals surface area contributed by atoms with Gasteiger partial charge in [-0.3, -0.25) is 9.59 Å². The molecule has 0 bridgehead atoms. The molecule has 238 valence electrons. The zero-order valence-electron chi connectivity index (χ0n) is 24.4. The van der Waals surface area contributed by atoms with Gasteiger partial charge in [0.15, 0.2) is 5.75 Å². The lowest BCUT2D eigenvalue weighted by molar-refractivity contribution is -0.142. The first kappa shape index (κ1) is 34.6. The van der Waals surface area contributed by atoms with Gasteiger partial charge in [-0.25, -0.2) is 13.9 Å². The average Bonchev–Trinajstić information content (AvgIpc) is 3.02. The molecular formula is C30H35ClFN3O9. The fourth-order valence-corrected chi connectivity index (χ4v) is 4.20. The van der Waals surface area contributed by atoms with Gasteiger partial charge in [0.05, 0.1) is 75.7 Å². The number of nitrogens with zero attached hydrogens (tertiary/aromatic N) is 2. The largest absolute Gasteiger partial charge is 0.489 e. The number of carbonyl (C=O) groups is 2. The van der Waals surface area contributed by atoms with Crippen LogP contribution >= 0.6 is 11.6 Å². The summed E-state index contributed by atoms with van der Waals surface area (Å²) in [5, 5.41) is 15.3. The second-order valence-corrected chi connectivity index (χ2v) is 9.70. The number of rotatable bonds is 18. The fraction of sp³-hybridized carbons (Fsp3) is 0.400. The highest BCUT2D eigenvalue weighted by atomic mass is 35.5. The average molecular weight is 636 g/mol. The van der Waals surface area contributed by atoms with Crippen LogP contribution in [-0.4, -0.2) is 92.8 Å². The third kappa shape index (κ3) is 10.4. The van der Waals surface area contributed by atoms with Crippen molar-refractivity contribution in [3.63, 3.8) is 0 Å². The molecule has 0 spiro atoms. The first-order chi connectivity index (χ1) is 21.2. The summed E-state index contributed by atoms with van der Waals surface area (Å²) < 4.78 is 41.5. The number of aliphatic hydroxyl groups excluding tert-OH is 1. The Bertz CT molecular complexity index is 1440. The van der Waals surface area contributed by atoms with E-state index in [0.717, 1.165) is 12.1 Å². The van der Waals surface area contributed by atoms with Crippen LogP contribution in [0.4, 0.5) is 4.39 Å². The summed E-state index contributed by atoms with van der Waals surface area (Å²) in [6.45, 7) is 2.14. The van der Waals surface area contributed by atoms with Gasteiger partial charge in [-0.1, -0.05) is 35.9 Å². The number of esters is 1. The Hall–Kier alpha value is -3.88. The molecule has 1 aromatic heterocycles. The van der Waals surface area contributed by atoms with E-state index in [0.29, 0.717) is 43.1 Å². The molecule has 1 heterocycles. The van der Waals surface area contributed by atoms with Crippen LogP contribution in [0.1, 0.15) is 15.9 Å². The molecular weight excluding hydrogens is 601 g/mol. The van der Waals surface area contributed by atoms with Crippen molar-refractivity contribution in [2.45, 2.75) is 12.5 Å². The van der Waals surface area contributed by atoms with E-state index in [9.17, 15) is 18.8 Å². The Morgan fingerprint density at radius 3 is 2.27 bits per heavy atom. The smallest absolute Gasteiger partial charge is 0.328 e. The molecule has 1 amide bonds. The SMILES string of the molecule is COC(=O)[C@H](Cc1ccc(-c2c(OCCOCCOCCOCCO)cnn(C)c2=O)cc1)NC(=O)c1cc(F)ccc1Cl. The zero-order valence-corrected chi connectivity index (χ0v) is 25.2. The van der Waals surface area contributed by atoms with Crippen LogP contribution in [-0.2, 0) is 37.2 Å². The third-order valence-corrected chi connectivity index (χ3v) is 6.54. The van der Waals surface area contributed by atoms with Gasteiger partial charge in [-0.2, -0.15) is 5.10 Å². The van der Waals surface area contributed by atoms with Crippen molar-refractivity contribution in [3.8, 4) is 16.9 Å². The molecule has 0 aliphatic heterocycles. The van der Waals surface area contributed by atoms with Crippen molar-refractivity contribution < 1.29 is 42.8 Å². The monoisotopic (exact) mass is 635 g/mol. The van der Waals surface area contributed by atoms with E-state index in [1.807, 2.05) is 0 Å². The van der Waals surface area contributed by atoms with Gasteiger partial charge in [0, 0.05) is 13.5 Å². The van der Waals surface area contributed by atoms with E-state index < -0.39 is 23.7 Å². The predicted molar refractivity (Wildman–Crippen MR) is 158 cm³/mol. The van der Waals surface area contributed by atoms with Crippen LogP contribution < -0.4 is 15.6 Å². The first-order valence-electron chi connectivity index (χ1n) is 13.7. The van der Waals surface area contributed by atoms with Gasteiger partial charge in [-0.05, 0) is 29.3 Å². The molecule has 2 N–H and O–H groups in total. The van der Waals surface area contributed by atoms with Crippen molar-refractivity contribution in [3.05, 3.63) is 81.0 Å². The first-order valence-corrected chi connectivity index (χ1v) is 14.1. The van der Waals surface area contributed by atoms with Crippen molar-refractivity contribution in [2.75, 3.05) is 60.0 Å². The number of carbonyl (C=O) groups excluding carboxylic acids is 2. The molecule has 3 aromatic rings. The molecule has 0 saturated heterocycles. The number of aryl methyl sites for hydroxylation is 1. The van der Waals surface area contributed by atoms with Gasteiger partial charge in [-0.15, -0.1) is 0 Å². The lowest BCUT2D eigenvalue weighted by Gasteiger charge is -2.17. The van der Waals surface area contributed by atoms with Crippen molar-refractivity contribution in [1.29, 1.82) is 0 Å². The molecule has 0 unspecified atom stereocenters. The van der Waals surface area contributed by atoms with Gasteiger partial charge in [0.2, 0.25) is 0 Å². The maximum Gasteiger partial charge on any atom is 0.328 e. The Morgan fingerprint density at radius 2 is 1.64 bits per heavy atom. The molecule has 14 heteroatoms. The van der Waals surface area contributed by atoms with E-state index in [1.54, 1.807) is 24.3 Å². The number of ether oxygens (including phenoxy) is 5. The van der Waals surface area contributed by atoms with Gasteiger partial charge in [0.25, 0.3) is 11.5 Å². The maximum absolute atomic E-state index is 13.7. The summed E-state index contributed by atoms with van der Waals surface area (Å²) in [5.74, 6) is -1.81. The van der Waals surface area contributed by atoms with Gasteiger partial charge < -0.3 is 34.1 Å². The highest BCUT2D eigenvalue weighted by Crippen LogP contribution is 2.26. The summed E-state index contributed by atoms with van der Waals surface area (Å²) in [6.07, 6.45) is 1.50. The summed E-state index contributed by atoms with van der Waals surface area (Å²) in [4.78, 5) is 38.2. The summed E-state index contributed by atoms with van der Waals surface area (Å²) in [5.41, 5.74) is 1.00. The minimum atomic E-state index is -1.09. The number of aliphatic hydroxyl groups is 1. The minimum Gasteiger partial charge on any atom is -0.489 e. The molecule has 0 saturated carbocycles. The van der Waals surface area contributed by atoms with Crippen LogP contribution in [0.25, 0.3) is 11.1 Å². The highest BCUT2D eigenvalue weighted by Gasteiger charge is 2.24. The Morgan fingerprint density at radius 1 is 1.00 bits per heavy atom. The van der Waals surface area contributed by atoms with E-state index in [2.05, 4.69) is 10.4 Å². The van der Waals surface area contributed by atoms with Crippen LogP contribution in [0.5, 0.6) is 5.75 Å². The number of amides is 1. The number of benzene rings is 2. The van der Waals surface area contributed by atoms with Gasteiger partial charge in [0.1, 0.15) is 18.5 Å². The number of nitrogens with one attached hydrogen (secondary N) is 1. The number of methoxy groups -OCH3 is 1. The van der Waals surface area contributed by atoms with Crippen molar-refractivity contribution in [1.82, 2.24) is 15.1 Å². The van der Waals surface area contributed by atoms with E-state index in [1.165, 1.54) is 31.1 Å². The standard InChI is InChI=1S/C30H35ClFN3O9/c1-35-29(38)27(26(19-33-35)44-16-15-43-14-13-42-12-11-41-10-9-36)21-5-3-20(4-6-21)17-25(30(39)40-2)34-28(37)23-18-22(32)7-8-24(23)31/h3-8,18-19,25,36H,9-17H2,1-2H3,(H,34,37)/t25-/m0/s1. The third-order valence-electron chi connectivity index (χ3n) is 6.21. The minimum absolute atomic E-state index is 0.0334. The van der Waals surface area contributed by atoms with Crippen LogP contribution in [0.15, 0.2) is 53.5 Å². The fourth-order valence-electron chi connectivity index (χ4n) is 4.00. The lowest BCUT2D eigenvalue weighted by atomic mass is 10.0. The Balaban J connectivity index is 1.62. The number of aromatic nitrogens is 2. The maximum atomic E-state index is 13.7. The molecule has 44 heavy (non-hydrogen) atoms. The quantitative estimate of drug-likeness (QED) is 0.157. The van der Waals surface area contributed by atoms with Crippen LogP contribution in [0, 0.1) is 5.82 Å². The molecule has 0 fully saturated rings. The normalized spacial score (nSPS) is 11.7. The predicted octanol–water partition coefficient (Wildman–Crippen LogP) is 2.17. The number of hydrogen-bond acceptors (Lipinski definition) is 10. The molecule has 12 nitrogen and oxygen atoms in total. The second-order valence-electron chi connectivity index (χ2n) is 9.30. The summed E-state index contributed by atoms with van der Waals surface area (Å²) in [6, 6.07) is 9.06. The molecule has 1 atom stereocenters. The molecule has 2 aromatic carbocycles. The number of halogens is 2. The van der Waals surface area contributed by atoms with E-state index >= 15 is 0 Å². The molecule has 0 radical (unpaired) electrons. The number of hydrogen-bond donors (Lipinski definition) is 2. The van der Waals surface area contributed by atoms with Gasteiger partial charge >= 0.3 is 5.97 Å². The topological polar surface area (TPSA) is 147 Å². The second kappa shape index (κ2) is 18.0. The lowest BCUT2D eigenvalue weighted by Crippen LogP contribution is -2.43. The molecule has 3 rings (SSSR count). The molecule has 0 aliphatic rings. The summed E-state index contributed by atoms with van der Waals surface area (Å²) >= 11 is 6.04. The van der Waals surface area contributed by atoms with E-state index in [4.69, 9.17) is 40.4 Å². The zero-order chi connectivity index (χ0) is 31.9. The van der Waals surface area contributed by atoms with Crippen LogP contribution in [0.2, 0.25) is 5.02 Å². The molecule has 0 aliphatic carbocycles. The van der Waals surface area contributed by atoms with Crippen molar-refractivity contribution >= 4 is 23.5 Å².